The largest absolute Gasteiger partial charge is 0.497 e. The fourth-order valence-corrected chi connectivity index (χ4v) is 4.46. The average Bonchev–Trinajstić information content (AvgIpc) is 2.95. The van der Waals surface area contributed by atoms with Crippen molar-refractivity contribution in [3.8, 4) is 17.6 Å². The highest BCUT2D eigenvalue weighted by Gasteiger charge is 2.29. The minimum atomic E-state index is -0.289. The Morgan fingerprint density at radius 3 is 2.06 bits per heavy atom. The predicted octanol–water partition coefficient (Wildman–Crippen LogP) is 4.46. The topological polar surface area (TPSA) is 77.8 Å². The Morgan fingerprint density at radius 1 is 0.917 bits per heavy atom. The second-order valence-electron chi connectivity index (χ2n) is 8.43. The molecule has 7 nitrogen and oxygen atoms in total. The maximum absolute atomic E-state index is 13.2. The van der Waals surface area contributed by atoms with Gasteiger partial charge in [-0.1, -0.05) is 60.7 Å². The van der Waals surface area contributed by atoms with Crippen LogP contribution in [0.1, 0.15) is 17.2 Å². The van der Waals surface area contributed by atoms with Crippen molar-refractivity contribution in [2.24, 2.45) is 0 Å². The molecule has 36 heavy (non-hydrogen) atoms. The molecule has 184 valence electrons. The molecule has 0 aromatic heterocycles. The number of piperazine rings is 1. The molecule has 0 atom stereocenters. The molecule has 3 aromatic carbocycles. The number of benzene rings is 3. The minimum Gasteiger partial charge on any atom is -0.497 e. The Kier molecular flexibility index (Phi) is 8.22. The molecule has 4 rings (SSSR count). The van der Waals surface area contributed by atoms with E-state index in [4.69, 9.17) is 9.47 Å². The zero-order chi connectivity index (χ0) is 25.3. The molecule has 0 aliphatic carbocycles. The van der Waals surface area contributed by atoms with Gasteiger partial charge < -0.3 is 19.7 Å². The number of anilines is 1. The normalized spacial score (nSPS) is 14.3. The van der Waals surface area contributed by atoms with E-state index < -0.39 is 0 Å². The van der Waals surface area contributed by atoms with Crippen LogP contribution < -0.4 is 14.8 Å². The van der Waals surface area contributed by atoms with E-state index in [1.165, 1.54) is 17.3 Å². The highest BCUT2D eigenvalue weighted by Crippen LogP contribution is 2.30. The Morgan fingerprint density at radius 2 is 1.53 bits per heavy atom. The van der Waals surface area contributed by atoms with Crippen molar-refractivity contribution >= 4 is 11.6 Å². The molecule has 7 heteroatoms. The number of ether oxygens (including phenoxy) is 2. The number of hydrogen-bond donors (Lipinski definition) is 1. The lowest BCUT2D eigenvalue weighted by Gasteiger charge is -2.39. The van der Waals surface area contributed by atoms with E-state index in [2.05, 4.69) is 58.7 Å². The number of nitrogens with zero attached hydrogens (tertiary/aromatic N) is 3. The van der Waals surface area contributed by atoms with Gasteiger partial charge in [0.1, 0.15) is 23.1 Å². The van der Waals surface area contributed by atoms with Crippen molar-refractivity contribution in [1.82, 2.24) is 9.80 Å². The van der Waals surface area contributed by atoms with Crippen LogP contribution in [0.3, 0.4) is 0 Å². The van der Waals surface area contributed by atoms with Crippen molar-refractivity contribution in [2.45, 2.75) is 6.04 Å². The van der Waals surface area contributed by atoms with Crippen LogP contribution in [0.4, 0.5) is 5.69 Å². The summed E-state index contributed by atoms with van der Waals surface area (Å²) < 4.78 is 10.6. The lowest BCUT2D eigenvalue weighted by molar-refractivity contribution is -0.128. The second kappa shape index (κ2) is 11.9. The number of amides is 1. The number of rotatable bonds is 8. The summed E-state index contributed by atoms with van der Waals surface area (Å²) >= 11 is 0. The monoisotopic (exact) mass is 482 g/mol. The molecule has 0 spiro atoms. The first kappa shape index (κ1) is 24.8. The van der Waals surface area contributed by atoms with Crippen LogP contribution in [0.15, 0.2) is 90.6 Å². The molecule has 1 N–H and O–H groups in total. The first-order chi connectivity index (χ1) is 17.6. The maximum Gasteiger partial charge on any atom is 0.266 e. The molecule has 0 saturated carbocycles. The van der Waals surface area contributed by atoms with Crippen molar-refractivity contribution in [2.75, 3.05) is 45.7 Å². The summed E-state index contributed by atoms with van der Waals surface area (Å²) in [6, 6.07) is 28.3. The number of carbonyl (C=O) groups excluding carboxylic acids is 1. The summed E-state index contributed by atoms with van der Waals surface area (Å²) in [6.07, 6.45) is 1.43. The molecule has 1 heterocycles. The average molecular weight is 483 g/mol. The van der Waals surface area contributed by atoms with Crippen LogP contribution >= 0.6 is 0 Å². The molecule has 0 unspecified atom stereocenters. The molecule has 1 aliphatic heterocycles. The third-order valence-electron chi connectivity index (χ3n) is 6.33. The molecule has 1 aliphatic rings. The first-order valence-electron chi connectivity index (χ1n) is 11.9. The minimum absolute atomic E-state index is 0.0380. The third kappa shape index (κ3) is 5.68. The standard InChI is InChI=1S/C29H30N4O3/c1-35-25-13-14-27(36-2)26(19-25)31-21-24(20-30)29(34)33-17-15-32(16-18-33)28(22-9-5-3-6-10-22)23-11-7-4-8-12-23/h3-14,19,21,28,31H,15-18H2,1-2H3/b24-21-. The summed E-state index contributed by atoms with van der Waals surface area (Å²) in [5, 5.41) is 12.7. The predicted molar refractivity (Wildman–Crippen MR) is 140 cm³/mol. The third-order valence-corrected chi connectivity index (χ3v) is 6.33. The lowest BCUT2D eigenvalue weighted by atomic mass is 9.96. The molecule has 0 bridgehead atoms. The maximum atomic E-state index is 13.2. The smallest absolute Gasteiger partial charge is 0.266 e. The van der Waals surface area contributed by atoms with Crippen LogP contribution in [0, 0.1) is 11.3 Å². The van der Waals surface area contributed by atoms with Crippen molar-refractivity contribution in [1.29, 1.82) is 5.26 Å². The van der Waals surface area contributed by atoms with E-state index in [0.717, 1.165) is 0 Å². The Hall–Kier alpha value is -4.28. The number of methoxy groups -OCH3 is 2. The second-order valence-corrected chi connectivity index (χ2v) is 8.43. The number of nitriles is 1. The van der Waals surface area contributed by atoms with E-state index in [0.29, 0.717) is 43.4 Å². The first-order valence-corrected chi connectivity index (χ1v) is 11.9. The molecular formula is C29H30N4O3. The molecule has 3 aromatic rings. The van der Waals surface area contributed by atoms with Gasteiger partial charge in [0.2, 0.25) is 0 Å². The molecule has 1 saturated heterocycles. The number of hydrogen-bond acceptors (Lipinski definition) is 6. The van der Waals surface area contributed by atoms with E-state index in [-0.39, 0.29) is 17.5 Å². The fraction of sp³-hybridized carbons (Fsp3) is 0.241. The number of nitrogens with one attached hydrogen (secondary N) is 1. The molecule has 0 radical (unpaired) electrons. The molecule has 1 amide bonds. The highest BCUT2D eigenvalue weighted by atomic mass is 16.5. The SMILES string of the molecule is COc1ccc(OC)c(N/C=C(/C#N)C(=O)N2CCN(C(c3ccccc3)c3ccccc3)CC2)c1. The van der Waals surface area contributed by atoms with Gasteiger partial charge in [-0.25, -0.2) is 0 Å². The van der Waals surface area contributed by atoms with Gasteiger partial charge >= 0.3 is 0 Å². The van der Waals surface area contributed by atoms with Crippen LogP contribution in [-0.2, 0) is 4.79 Å². The summed E-state index contributed by atoms with van der Waals surface area (Å²) in [4.78, 5) is 17.3. The van der Waals surface area contributed by atoms with Crippen LogP contribution in [0.25, 0.3) is 0 Å². The Bertz CT molecular complexity index is 1190. The summed E-state index contributed by atoms with van der Waals surface area (Å²) in [5.74, 6) is 0.930. The van der Waals surface area contributed by atoms with Gasteiger partial charge in [0, 0.05) is 38.4 Å². The fourth-order valence-electron chi connectivity index (χ4n) is 4.46. The van der Waals surface area contributed by atoms with Gasteiger partial charge in [-0.2, -0.15) is 5.26 Å². The van der Waals surface area contributed by atoms with Crippen molar-refractivity contribution in [3.05, 3.63) is 102 Å². The molecule has 1 fully saturated rings. The van der Waals surface area contributed by atoms with Gasteiger partial charge in [0.05, 0.1) is 25.9 Å². The molecular weight excluding hydrogens is 452 g/mol. The van der Waals surface area contributed by atoms with Gasteiger partial charge in [0.25, 0.3) is 5.91 Å². The van der Waals surface area contributed by atoms with Gasteiger partial charge in [-0.15, -0.1) is 0 Å². The highest BCUT2D eigenvalue weighted by molar-refractivity contribution is 5.97. The summed E-state index contributed by atoms with van der Waals surface area (Å²) in [7, 11) is 3.14. The van der Waals surface area contributed by atoms with Crippen LogP contribution in [-0.4, -0.2) is 56.1 Å². The van der Waals surface area contributed by atoms with Crippen molar-refractivity contribution < 1.29 is 14.3 Å². The van der Waals surface area contributed by atoms with Gasteiger partial charge in [0.15, 0.2) is 0 Å². The number of carbonyl (C=O) groups is 1. The van der Waals surface area contributed by atoms with E-state index in [9.17, 15) is 10.1 Å². The zero-order valence-electron chi connectivity index (χ0n) is 20.6. The quantitative estimate of drug-likeness (QED) is 0.377. The summed E-state index contributed by atoms with van der Waals surface area (Å²) in [6.45, 7) is 2.49. The van der Waals surface area contributed by atoms with Crippen molar-refractivity contribution in [3.63, 3.8) is 0 Å². The Labute approximate surface area is 212 Å². The van der Waals surface area contributed by atoms with E-state index >= 15 is 0 Å². The summed E-state index contributed by atoms with van der Waals surface area (Å²) in [5.41, 5.74) is 3.09. The van der Waals surface area contributed by atoms with E-state index in [1.54, 1.807) is 37.3 Å². The van der Waals surface area contributed by atoms with Gasteiger partial charge in [-0.3, -0.25) is 9.69 Å². The van der Waals surface area contributed by atoms with Crippen LogP contribution in [0.5, 0.6) is 11.5 Å². The van der Waals surface area contributed by atoms with E-state index in [1.807, 2.05) is 18.2 Å². The van der Waals surface area contributed by atoms with Crippen LogP contribution in [0.2, 0.25) is 0 Å². The van der Waals surface area contributed by atoms with Gasteiger partial charge in [-0.05, 0) is 23.3 Å². The Balaban J connectivity index is 1.46. The lowest BCUT2D eigenvalue weighted by Crippen LogP contribution is -2.50. The zero-order valence-corrected chi connectivity index (χ0v) is 20.6.